The van der Waals surface area contributed by atoms with Crippen LogP contribution in [0, 0.1) is 6.92 Å². The van der Waals surface area contributed by atoms with Crippen molar-refractivity contribution in [3.8, 4) is 0 Å². The first-order valence-corrected chi connectivity index (χ1v) is 6.19. The lowest BCUT2D eigenvalue weighted by Gasteiger charge is -2.39. The summed E-state index contributed by atoms with van der Waals surface area (Å²) in [5.74, 6) is 0. The highest BCUT2D eigenvalue weighted by Crippen LogP contribution is 2.15. The Labute approximate surface area is 98.7 Å². The van der Waals surface area contributed by atoms with Crippen LogP contribution < -0.4 is 5.32 Å². The quantitative estimate of drug-likeness (QED) is 0.818. The predicted octanol–water partition coefficient (Wildman–Crippen LogP) is 2.18. The molecule has 0 spiro atoms. The lowest BCUT2D eigenvalue weighted by Crippen LogP contribution is -2.54. The van der Waals surface area contributed by atoms with Crippen molar-refractivity contribution >= 4 is 0 Å². The first kappa shape index (κ1) is 11.6. The number of nitrogens with one attached hydrogen (secondary N) is 1. The highest BCUT2D eigenvalue weighted by atomic mass is 15.2. The second-order valence-corrected chi connectivity index (χ2v) is 5.02. The van der Waals surface area contributed by atoms with Gasteiger partial charge in [-0.25, -0.2) is 0 Å². The molecule has 1 aliphatic heterocycles. The maximum Gasteiger partial charge on any atom is 0.0240 e. The van der Waals surface area contributed by atoms with E-state index in [2.05, 4.69) is 55.3 Å². The summed E-state index contributed by atoms with van der Waals surface area (Å²) in [6.07, 6.45) is 0. The minimum atomic E-state index is 0.629. The first-order valence-electron chi connectivity index (χ1n) is 6.19. The van der Waals surface area contributed by atoms with E-state index in [4.69, 9.17) is 0 Å². The fourth-order valence-electron chi connectivity index (χ4n) is 2.50. The van der Waals surface area contributed by atoms with Crippen LogP contribution in [0.15, 0.2) is 24.3 Å². The van der Waals surface area contributed by atoms with E-state index in [0.717, 1.165) is 19.6 Å². The molecule has 0 radical (unpaired) electrons. The Bertz CT molecular complexity index is 338. The van der Waals surface area contributed by atoms with Crippen LogP contribution in [0.25, 0.3) is 0 Å². The maximum absolute atomic E-state index is 3.47. The third kappa shape index (κ3) is 2.63. The van der Waals surface area contributed by atoms with E-state index < -0.39 is 0 Å². The van der Waals surface area contributed by atoms with E-state index in [9.17, 15) is 0 Å². The van der Waals surface area contributed by atoms with Gasteiger partial charge in [0.15, 0.2) is 0 Å². The Morgan fingerprint density at radius 3 is 2.56 bits per heavy atom. The highest BCUT2D eigenvalue weighted by molar-refractivity contribution is 5.22. The number of piperazine rings is 1. The minimum Gasteiger partial charge on any atom is -0.314 e. The summed E-state index contributed by atoms with van der Waals surface area (Å²) >= 11 is 0. The summed E-state index contributed by atoms with van der Waals surface area (Å²) in [5.41, 5.74) is 2.79. The van der Waals surface area contributed by atoms with Crippen molar-refractivity contribution in [2.75, 3.05) is 13.1 Å². The highest BCUT2D eigenvalue weighted by Gasteiger charge is 2.23. The van der Waals surface area contributed by atoms with E-state index in [-0.39, 0.29) is 0 Å². The fourth-order valence-corrected chi connectivity index (χ4v) is 2.50. The normalized spacial score (nSPS) is 26.9. The second-order valence-electron chi connectivity index (χ2n) is 5.02. The van der Waals surface area contributed by atoms with Crippen molar-refractivity contribution in [1.29, 1.82) is 0 Å². The Morgan fingerprint density at radius 2 is 1.94 bits per heavy atom. The molecular weight excluding hydrogens is 196 g/mol. The SMILES string of the molecule is Cc1cccc(CN2[C@@H](C)CNC[C@@H]2C)c1. The predicted molar refractivity (Wildman–Crippen MR) is 68.5 cm³/mol. The maximum atomic E-state index is 3.47. The molecule has 1 aromatic rings. The third-order valence-corrected chi connectivity index (χ3v) is 3.46. The van der Waals surface area contributed by atoms with Gasteiger partial charge in [0, 0.05) is 31.7 Å². The number of hydrogen-bond donors (Lipinski definition) is 1. The molecule has 1 aromatic carbocycles. The van der Waals surface area contributed by atoms with Gasteiger partial charge < -0.3 is 5.32 Å². The molecule has 0 bridgehead atoms. The number of nitrogens with zero attached hydrogens (tertiary/aromatic N) is 1. The van der Waals surface area contributed by atoms with Crippen molar-refractivity contribution in [3.63, 3.8) is 0 Å². The molecule has 2 nitrogen and oxygen atoms in total. The zero-order chi connectivity index (χ0) is 11.5. The van der Waals surface area contributed by atoms with Gasteiger partial charge in [-0.2, -0.15) is 0 Å². The number of rotatable bonds is 2. The van der Waals surface area contributed by atoms with Gasteiger partial charge in [0.05, 0.1) is 0 Å². The van der Waals surface area contributed by atoms with Gasteiger partial charge in [0.25, 0.3) is 0 Å². The van der Waals surface area contributed by atoms with Gasteiger partial charge in [0.2, 0.25) is 0 Å². The molecule has 0 amide bonds. The molecule has 2 atom stereocenters. The molecule has 0 aliphatic carbocycles. The molecule has 1 fully saturated rings. The zero-order valence-electron chi connectivity index (χ0n) is 10.5. The van der Waals surface area contributed by atoms with Crippen molar-refractivity contribution in [2.45, 2.75) is 39.4 Å². The zero-order valence-corrected chi connectivity index (χ0v) is 10.5. The Hall–Kier alpha value is -0.860. The lowest BCUT2D eigenvalue weighted by atomic mass is 10.1. The van der Waals surface area contributed by atoms with Gasteiger partial charge in [-0.05, 0) is 26.3 Å². The third-order valence-electron chi connectivity index (χ3n) is 3.46. The Balaban J connectivity index is 2.07. The molecule has 0 unspecified atom stereocenters. The van der Waals surface area contributed by atoms with Crippen LogP contribution >= 0.6 is 0 Å². The average Bonchev–Trinajstić information content (AvgIpc) is 2.24. The monoisotopic (exact) mass is 218 g/mol. The summed E-state index contributed by atoms with van der Waals surface area (Å²) in [4.78, 5) is 2.59. The van der Waals surface area contributed by atoms with Gasteiger partial charge in [-0.1, -0.05) is 29.8 Å². The fraction of sp³-hybridized carbons (Fsp3) is 0.571. The molecule has 2 heteroatoms. The summed E-state index contributed by atoms with van der Waals surface area (Å²) in [5, 5.41) is 3.47. The van der Waals surface area contributed by atoms with E-state index >= 15 is 0 Å². The van der Waals surface area contributed by atoms with Crippen LogP contribution in [0.1, 0.15) is 25.0 Å². The van der Waals surface area contributed by atoms with E-state index in [0.29, 0.717) is 12.1 Å². The molecule has 0 saturated carbocycles. The number of aryl methyl sites for hydroxylation is 1. The molecule has 16 heavy (non-hydrogen) atoms. The topological polar surface area (TPSA) is 15.3 Å². The summed E-state index contributed by atoms with van der Waals surface area (Å²) in [6.45, 7) is 10.1. The van der Waals surface area contributed by atoms with Crippen molar-refractivity contribution in [2.24, 2.45) is 0 Å². The summed E-state index contributed by atoms with van der Waals surface area (Å²) in [7, 11) is 0. The molecule has 1 heterocycles. The van der Waals surface area contributed by atoms with E-state index in [1.807, 2.05) is 0 Å². The molecule has 1 N–H and O–H groups in total. The van der Waals surface area contributed by atoms with Gasteiger partial charge >= 0.3 is 0 Å². The number of hydrogen-bond acceptors (Lipinski definition) is 2. The molecule has 88 valence electrons. The summed E-state index contributed by atoms with van der Waals surface area (Å²) < 4.78 is 0. The van der Waals surface area contributed by atoms with Crippen LogP contribution in [0.4, 0.5) is 0 Å². The van der Waals surface area contributed by atoms with Crippen LogP contribution in [-0.2, 0) is 6.54 Å². The van der Waals surface area contributed by atoms with Crippen molar-refractivity contribution in [3.05, 3.63) is 35.4 Å². The standard InChI is InChI=1S/C14H22N2/c1-11-5-4-6-14(7-11)10-16-12(2)8-15-9-13(16)3/h4-7,12-13,15H,8-10H2,1-3H3/t12-,13-/m0/s1. The lowest BCUT2D eigenvalue weighted by molar-refractivity contribution is 0.109. The van der Waals surface area contributed by atoms with Crippen LogP contribution in [0.2, 0.25) is 0 Å². The van der Waals surface area contributed by atoms with Crippen LogP contribution in [-0.4, -0.2) is 30.1 Å². The van der Waals surface area contributed by atoms with Crippen LogP contribution in [0.3, 0.4) is 0 Å². The van der Waals surface area contributed by atoms with Crippen molar-refractivity contribution < 1.29 is 0 Å². The number of benzene rings is 1. The molecular formula is C14H22N2. The Kier molecular flexibility index (Phi) is 3.62. The second kappa shape index (κ2) is 4.98. The van der Waals surface area contributed by atoms with E-state index in [1.54, 1.807) is 0 Å². The molecule has 2 rings (SSSR count). The summed E-state index contributed by atoms with van der Waals surface area (Å²) in [6, 6.07) is 10.1. The van der Waals surface area contributed by atoms with Gasteiger partial charge in [-0.3, -0.25) is 4.90 Å². The smallest absolute Gasteiger partial charge is 0.0240 e. The molecule has 1 saturated heterocycles. The van der Waals surface area contributed by atoms with Gasteiger partial charge in [-0.15, -0.1) is 0 Å². The molecule has 1 aliphatic rings. The Morgan fingerprint density at radius 1 is 1.25 bits per heavy atom. The minimum absolute atomic E-state index is 0.629. The van der Waals surface area contributed by atoms with E-state index in [1.165, 1.54) is 11.1 Å². The molecule has 0 aromatic heterocycles. The largest absolute Gasteiger partial charge is 0.314 e. The van der Waals surface area contributed by atoms with Crippen molar-refractivity contribution in [1.82, 2.24) is 10.2 Å². The first-order chi connectivity index (χ1) is 7.66. The van der Waals surface area contributed by atoms with Gasteiger partial charge in [0.1, 0.15) is 0 Å². The average molecular weight is 218 g/mol. The van der Waals surface area contributed by atoms with Crippen LogP contribution in [0.5, 0.6) is 0 Å².